The molecule has 1 amide bonds. The first-order valence-electron chi connectivity index (χ1n) is 10.4. The molecule has 0 atom stereocenters. The van der Waals surface area contributed by atoms with Crippen LogP contribution in [-0.2, 0) is 0 Å². The molecule has 8 heteroatoms. The number of para-hydroxylation sites is 2. The van der Waals surface area contributed by atoms with E-state index in [2.05, 4.69) is 15.2 Å². The molecule has 7 nitrogen and oxygen atoms in total. The Morgan fingerprint density at radius 2 is 1.84 bits per heavy atom. The first kappa shape index (κ1) is 20.8. The zero-order valence-corrected chi connectivity index (χ0v) is 18.0. The summed E-state index contributed by atoms with van der Waals surface area (Å²) in [5, 5.41) is 8.27. The Morgan fingerprint density at radius 1 is 1.10 bits per heavy atom. The Hall–Kier alpha value is -3.42. The minimum Gasteiger partial charge on any atom is -0.492 e. The zero-order valence-electron chi connectivity index (χ0n) is 18.0. The van der Waals surface area contributed by atoms with E-state index in [-0.39, 0.29) is 11.7 Å². The molecule has 2 aromatic carbocycles. The second-order valence-corrected chi connectivity index (χ2v) is 7.55. The van der Waals surface area contributed by atoms with Crippen molar-refractivity contribution in [3.8, 4) is 11.4 Å². The topological polar surface area (TPSA) is 63.5 Å². The lowest BCUT2D eigenvalue weighted by atomic mass is 10.2. The lowest BCUT2D eigenvalue weighted by molar-refractivity contribution is 0.0740. The summed E-state index contributed by atoms with van der Waals surface area (Å²) in [7, 11) is 0. The van der Waals surface area contributed by atoms with E-state index in [0.29, 0.717) is 55.4 Å². The second-order valence-electron chi connectivity index (χ2n) is 7.55. The van der Waals surface area contributed by atoms with E-state index in [1.807, 2.05) is 31.2 Å². The Morgan fingerprint density at radius 3 is 2.55 bits per heavy atom. The van der Waals surface area contributed by atoms with Crippen LogP contribution < -0.4 is 9.64 Å². The molecule has 1 saturated heterocycles. The van der Waals surface area contributed by atoms with Crippen LogP contribution in [0.1, 0.15) is 28.7 Å². The Balaban J connectivity index is 1.47. The van der Waals surface area contributed by atoms with Crippen molar-refractivity contribution < 1.29 is 13.9 Å². The van der Waals surface area contributed by atoms with Crippen LogP contribution in [0, 0.1) is 19.7 Å². The van der Waals surface area contributed by atoms with Crippen LogP contribution >= 0.6 is 0 Å². The van der Waals surface area contributed by atoms with Crippen LogP contribution in [0.2, 0.25) is 0 Å². The third-order valence-corrected chi connectivity index (χ3v) is 5.56. The molecule has 162 valence electrons. The largest absolute Gasteiger partial charge is 0.492 e. The maximum absolute atomic E-state index is 13.6. The van der Waals surface area contributed by atoms with Gasteiger partial charge in [-0.3, -0.25) is 4.79 Å². The summed E-state index contributed by atoms with van der Waals surface area (Å²) in [6.07, 6.45) is 0. The fourth-order valence-electron chi connectivity index (χ4n) is 3.83. The Kier molecular flexibility index (Phi) is 5.88. The van der Waals surface area contributed by atoms with Crippen molar-refractivity contribution in [1.82, 2.24) is 19.9 Å². The van der Waals surface area contributed by atoms with Gasteiger partial charge in [0, 0.05) is 26.2 Å². The lowest BCUT2D eigenvalue weighted by Crippen LogP contribution is -2.49. The molecule has 0 N–H and O–H groups in total. The van der Waals surface area contributed by atoms with Crippen LogP contribution in [0.4, 0.5) is 10.1 Å². The number of rotatable bonds is 5. The highest BCUT2D eigenvalue weighted by molar-refractivity contribution is 5.93. The van der Waals surface area contributed by atoms with E-state index in [1.54, 1.807) is 35.6 Å². The number of nitrogens with zero attached hydrogens (tertiary/aromatic N) is 5. The summed E-state index contributed by atoms with van der Waals surface area (Å²) >= 11 is 0. The molecule has 0 spiro atoms. The maximum Gasteiger partial charge on any atom is 0.276 e. The van der Waals surface area contributed by atoms with E-state index in [0.717, 1.165) is 11.4 Å². The average Bonchev–Trinajstić information content (AvgIpc) is 3.17. The molecule has 0 unspecified atom stereocenters. The standard InChI is InChI=1S/C23H26FN5O2/c1-4-31-21-8-6-5-7-20(21)27-11-13-28(14-12-27)23(30)22-17(3)29(26-25-22)18-9-10-19(24)16(2)15-18/h5-10,15H,4,11-14H2,1-3H3. The van der Waals surface area contributed by atoms with Gasteiger partial charge in [-0.2, -0.15) is 0 Å². The van der Waals surface area contributed by atoms with Crippen molar-refractivity contribution in [3.63, 3.8) is 0 Å². The molecule has 1 aliphatic heterocycles. The first-order valence-corrected chi connectivity index (χ1v) is 10.4. The predicted octanol–water partition coefficient (Wildman–Crippen LogP) is 3.38. The third-order valence-electron chi connectivity index (χ3n) is 5.56. The van der Waals surface area contributed by atoms with Gasteiger partial charge in [-0.05, 0) is 56.7 Å². The highest BCUT2D eigenvalue weighted by atomic mass is 19.1. The van der Waals surface area contributed by atoms with Gasteiger partial charge >= 0.3 is 0 Å². The number of halogens is 1. The molecule has 1 aliphatic rings. The highest BCUT2D eigenvalue weighted by Gasteiger charge is 2.27. The summed E-state index contributed by atoms with van der Waals surface area (Å²) in [5.41, 5.74) is 3.21. The van der Waals surface area contributed by atoms with Gasteiger partial charge in [-0.15, -0.1) is 5.10 Å². The van der Waals surface area contributed by atoms with E-state index in [1.165, 1.54) is 6.07 Å². The smallest absolute Gasteiger partial charge is 0.276 e. The van der Waals surface area contributed by atoms with E-state index >= 15 is 0 Å². The molecule has 0 saturated carbocycles. The molecule has 1 aromatic heterocycles. The monoisotopic (exact) mass is 423 g/mol. The summed E-state index contributed by atoms with van der Waals surface area (Å²) < 4.78 is 20.9. The normalized spacial score (nSPS) is 14.1. The maximum atomic E-state index is 13.6. The Bertz CT molecular complexity index is 1090. The number of carbonyl (C=O) groups excluding carboxylic acids is 1. The number of aromatic nitrogens is 3. The Labute approximate surface area is 181 Å². The number of amides is 1. The van der Waals surface area contributed by atoms with Gasteiger partial charge in [0.2, 0.25) is 0 Å². The number of carbonyl (C=O) groups is 1. The minimum absolute atomic E-state index is 0.139. The van der Waals surface area contributed by atoms with E-state index < -0.39 is 0 Å². The number of anilines is 1. The molecule has 0 bridgehead atoms. The van der Waals surface area contributed by atoms with Gasteiger partial charge in [0.1, 0.15) is 11.6 Å². The fraction of sp³-hybridized carbons (Fsp3) is 0.348. The summed E-state index contributed by atoms with van der Waals surface area (Å²) in [4.78, 5) is 17.1. The molecular weight excluding hydrogens is 397 g/mol. The number of benzene rings is 2. The van der Waals surface area contributed by atoms with Crippen LogP contribution in [0.5, 0.6) is 5.75 Å². The fourth-order valence-corrected chi connectivity index (χ4v) is 3.83. The van der Waals surface area contributed by atoms with Gasteiger partial charge in [0.15, 0.2) is 5.69 Å². The van der Waals surface area contributed by atoms with Gasteiger partial charge in [-0.1, -0.05) is 17.3 Å². The van der Waals surface area contributed by atoms with Crippen molar-refractivity contribution in [2.24, 2.45) is 0 Å². The molecule has 1 fully saturated rings. The summed E-state index contributed by atoms with van der Waals surface area (Å²) in [6, 6.07) is 12.7. The summed E-state index contributed by atoms with van der Waals surface area (Å²) in [6.45, 7) is 8.66. The van der Waals surface area contributed by atoms with Crippen LogP contribution in [0.25, 0.3) is 5.69 Å². The van der Waals surface area contributed by atoms with Crippen molar-refractivity contribution in [1.29, 1.82) is 0 Å². The van der Waals surface area contributed by atoms with Gasteiger partial charge < -0.3 is 14.5 Å². The molecule has 4 rings (SSSR count). The number of ether oxygens (including phenoxy) is 1. The number of hydrogen-bond donors (Lipinski definition) is 0. The SMILES string of the molecule is CCOc1ccccc1N1CCN(C(=O)c2nnn(-c3ccc(F)c(C)c3)c2C)CC1. The van der Waals surface area contributed by atoms with Crippen LogP contribution in [0.3, 0.4) is 0 Å². The van der Waals surface area contributed by atoms with Crippen molar-refractivity contribution >= 4 is 11.6 Å². The number of piperazine rings is 1. The third kappa shape index (κ3) is 4.10. The van der Waals surface area contributed by atoms with E-state index in [9.17, 15) is 9.18 Å². The molecule has 2 heterocycles. The van der Waals surface area contributed by atoms with Gasteiger partial charge in [-0.25, -0.2) is 9.07 Å². The van der Waals surface area contributed by atoms with Crippen molar-refractivity contribution in [2.75, 3.05) is 37.7 Å². The lowest BCUT2D eigenvalue weighted by Gasteiger charge is -2.36. The van der Waals surface area contributed by atoms with Crippen molar-refractivity contribution in [2.45, 2.75) is 20.8 Å². The van der Waals surface area contributed by atoms with Crippen LogP contribution in [0.15, 0.2) is 42.5 Å². The molecular formula is C23H26FN5O2. The molecule has 31 heavy (non-hydrogen) atoms. The predicted molar refractivity (Wildman–Crippen MR) is 117 cm³/mol. The average molecular weight is 423 g/mol. The van der Waals surface area contributed by atoms with Crippen LogP contribution in [-0.4, -0.2) is 58.6 Å². The van der Waals surface area contributed by atoms with E-state index in [4.69, 9.17) is 4.74 Å². The number of aryl methyl sites for hydroxylation is 1. The van der Waals surface area contributed by atoms with Crippen molar-refractivity contribution in [3.05, 3.63) is 65.2 Å². The summed E-state index contributed by atoms with van der Waals surface area (Å²) in [5.74, 6) is 0.445. The first-order chi connectivity index (χ1) is 15.0. The number of hydrogen-bond acceptors (Lipinski definition) is 5. The second kappa shape index (κ2) is 8.75. The van der Waals surface area contributed by atoms with Gasteiger partial charge in [0.25, 0.3) is 5.91 Å². The molecule has 0 aliphatic carbocycles. The minimum atomic E-state index is -0.276. The quantitative estimate of drug-likeness (QED) is 0.630. The zero-order chi connectivity index (χ0) is 22.0. The molecule has 0 radical (unpaired) electrons. The highest BCUT2D eigenvalue weighted by Crippen LogP contribution is 2.29. The molecule has 3 aromatic rings. The van der Waals surface area contributed by atoms with Gasteiger partial charge in [0.05, 0.1) is 23.7 Å².